The van der Waals surface area contributed by atoms with E-state index in [9.17, 15) is 10.1 Å². The summed E-state index contributed by atoms with van der Waals surface area (Å²) in [6.07, 6.45) is 2.20. The van der Waals surface area contributed by atoms with Gasteiger partial charge in [0.25, 0.3) is 5.69 Å². The van der Waals surface area contributed by atoms with Gasteiger partial charge in [0.1, 0.15) is 12.0 Å². The first-order chi connectivity index (χ1) is 11.1. The quantitative estimate of drug-likeness (QED) is 0.551. The maximum atomic E-state index is 10.6. The molecule has 12 heteroatoms. The first-order valence-corrected chi connectivity index (χ1v) is 7.25. The topological polar surface area (TPSA) is 136 Å². The van der Waals surface area contributed by atoms with Crippen LogP contribution >= 0.6 is 24.8 Å². The number of nitrogens with two attached hydrogens (primary N) is 1. The van der Waals surface area contributed by atoms with Gasteiger partial charge in [0.2, 0.25) is 5.89 Å². The standard InChI is InChI=1S/C13H17N7O3.2ClH/c14-5-13-17-12(18-23-13)8-19-4-3-9(7-19)16-11-2-1-10(6-15-11)20(21)22;;/h1-2,6,9H,3-5,7-8,14H2,(H,15,16);2*1H. The van der Waals surface area contributed by atoms with Crippen LogP contribution in [0, 0.1) is 10.1 Å². The molecule has 3 heterocycles. The van der Waals surface area contributed by atoms with Gasteiger partial charge < -0.3 is 15.6 Å². The summed E-state index contributed by atoms with van der Waals surface area (Å²) in [5.74, 6) is 1.69. The molecule has 0 radical (unpaired) electrons. The maximum Gasteiger partial charge on any atom is 0.287 e. The van der Waals surface area contributed by atoms with Crippen LogP contribution in [0.2, 0.25) is 0 Å². The highest BCUT2D eigenvalue weighted by atomic mass is 35.5. The molecular formula is C13H19Cl2N7O3. The number of rotatable bonds is 6. The fourth-order valence-corrected chi connectivity index (χ4v) is 2.52. The van der Waals surface area contributed by atoms with E-state index in [1.807, 2.05) is 0 Å². The molecule has 1 aliphatic heterocycles. The first kappa shape index (κ1) is 21.0. The molecule has 1 saturated heterocycles. The summed E-state index contributed by atoms with van der Waals surface area (Å²) >= 11 is 0. The van der Waals surface area contributed by atoms with E-state index < -0.39 is 4.92 Å². The molecule has 1 unspecified atom stereocenters. The van der Waals surface area contributed by atoms with Crippen LogP contribution in [0.15, 0.2) is 22.9 Å². The van der Waals surface area contributed by atoms with E-state index in [1.54, 1.807) is 6.07 Å². The van der Waals surface area contributed by atoms with Crippen LogP contribution in [0.1, 0.15) is 18.1 Å². The van der Waals surface area contributed by atoms with Crippen LogP contribution < -0.4 is 11.1 Å². The van der Waals surface area contributed by atoms with Gasteiger partial charge in [-0.1, -0.05) is 5.16 Å². The van der Waals surface area contributed by atoms with Crippen molar-refractivity contribution in [3.8, 4) is 0 Å². The minimum Gasteiger partial charge on any atom is -0.366 e. The highest BCUT2D eigenvalue weighted by Gasteiger charge is 2.24. The summed E-state index contributed by atoms with van der Waals surface area (Å²) in [5, 5.41) is 17.8. The van der Waals surface area contributed by atoms with E-state index in [1.165, 1.54) is 12.3 Å². The SMILES string of the molecule is Cl.Cl.NCc1nc(CN2CCC(Nc3ccc([N+](=O)[O-])cn3)C2)no1. The lowest BCUT2D eigenvalue weighted by molar-refractivity contribution is -0.385. The predicted octanol–water partition coefficient (Wildman–Crippen LogP) is 1.36. The molecule has 2 aromatic rings. The van der Waals surface area contributed by atoms with Gasteiger partial charge in [-0.05, 0) is 12.5 Å². The first-order valence-electron chi connectivity index (χ1n) is 7.25. The molecule has 3 N–H and O–H groups in total. The fraction of sp³-hybridized carbons (Fsp3) is 0.462. The summed E-state index contributed by atoms with van der Waals surface area (Å²) in [6.45, 7) is 2.56. The van der Waals surface area contributed by atoms with E-state index in [2.05, 4.69) is 25.3 Å². The van der Waals surface area contributed by atoms with E-state index >= 15 is 0 Å². The van der Waals surface area contributed by atoms with Crippen LogP contribution in [0.3, 0.4) is 0 Å². The zero-order valence-corrected chi connectivity index (χ0v) is 14.8. The lowest BCUT2D eigenvalue weighted by atomic mass is 10.2. The number of nitro groups is 1. The van der Waals surface area contributed by atoms with Crippen LogP contribution in [0.4, 0.5) is 11.5 Å². The number of anilines is 1. The van der Waals surface area contributed by atoms with Crippen molar-refractivity contribution in [1.82, 2.24) is 20.0 Å². The van der Waals surface area contributed by atoms with Crippen molar-refractivity contribution in [1.29, 1.82) is 0 Å². The third-order valence-corrected chi connectivity index (χ3v) is 3.63. The number of hydrogen-bond acceptors (Lipinski definition) is 9. The molecule has 10 nitrogen and oxygen atoms in total. The van der Waals surface area contributed by atoms with E-state index in [0.717, 1.165) is 19.5 Å². The summed E-state index contributed by atoms with van der Waals surface area (Å²) in [7, 11) is 0. The third kappa shape index (κ3) is 5.49. The second-order valence-corrected chi connectivity index (χ2v) is 5.33. The lowest BCUT2D eigenvalue weighted by Crippen LogP contribution is -2.26. The molecular weight excluding hydrogens is 373 g/mol. The van der Waals surface area contributed by atoms with Gasteiger partial charge in [-0.15, -0.1) is 24.8 Å². The fourth-order valence-electron chi connectivity index (χ4n) is 2.52. The van der Waals surface area contributed by atoms with Gasteiger partial charge in [0.05, 0.1) is 18.0 Å². The molecule has 1 atom stereocenters. The van der Waals surface area contributed by atoms with Crippen molar-refractivity contribution in [3.05, 3.63) is 40.2 Å². The van der Waals surface area contributed by atoms with Crippen molar-refractivity contribution in [3.63, 3.8) is 0 Å². The molecule has 0 aliphatic carbocycles. The zero-order valence-electron chi connectivity index (χ0n) is 13.2. The van der Waals surface area contributed by atoms with Gasteiger partial charge >= 0.3 is 0 Å². The molecule has 1 fully saturated rings. The summed E-state index contributed by atoms with van der Waals surface area (Å²) in [4.78, 5) is 20.6. The van der Waals surface area contributed by atoms with Crippen molar-refractivity contribution < 1.29 is 9.45 Å². The maximum absolute atomic E-state index is 10.6. The Kier molecular flexibility index (Phi) is 7.97. The lowest BCUT2D eigenvalue weighted by Gasteiger charge is -2.15. The molecule has 0 amide bonds. The number of nitrogens with one attached hydrogen (secondary N) is 1. The second kappa shape index (κ2) is 9.47. The summed E-state index contributed by atoms with van der Waals surface area (Å²) < 4.78 is 4.98. The van der Waals surface area contributed by atoms with Gasteiger partial charge in [0, 0.05) is 25.2 Å². The average Bonchev–Trinajstić information content (AvgIpc) is 3.17. The van der Waals surface area contributed by atoms with Crippen LogP contribution in [-0.4, -0.2) is 44.1 Å². The number of halogens is 2. The van der Waals surface area contributed by atoms with Crippen molar-refractivity contribution in [2.75, 3.05) is 18.4 Å². The minimum atomic E-state index is -0.464. The Morgan fingerprint density at radius 1 is 1.44 bits per heavy atom. The van der Waals surface area contributed by atoms with Crippen molar-refractivity contribution >= 4 is 36.3 Å². The molecule has 0 bridgehead atoms. The Morgan fingerprint density at radius 3 is 2.84 bits per heavy atom. The van der Waals surface area contributed by atoms with E-state index in [4.69, 9.17) is 10.3 Å². The third-order valence-electron chi connectivity index (χ3n) is 3.63. The summed E-state index contributed by atoms with van der Waals surface area (Å²) in [5.41, 5.74) is 5.42. The van der Waals surface area contributed by atoms with Crippen molar-refractivity contribution in [2.45, 2.75) is 25.6 Å². The molecule has 138 valence electrons. The van der Waals surface area contributed by atoms with Crippen LogP contribution in [0.5, 0.6) is 0 Å². The van der Waals surface area contributed by atoms with Gasteiger partial charge in [-0.2, -0.15) is 4.98 Å². The number of hydrogen-bond donors (Lipinski definition) is 2. The molecule has 1 aliphatic rings. The van der Waals surface area contributed by atoms with Gasteiger partial charge in [0.15, 0.2) is 5.82 Å². The molecule has 0 spiro atoms. The Balaban J connectivity index is 0.00000156. The van der Waals surface area contributed by atoms with Crippen LogP contribution in [-0.2, 0) is 13.1 Å². The Hall–Kier alpha value is -2.01. The largest absolute Gasteiger partial charge is 0.366 e. The smallest absolute Gasteiger partial charge is 0.287 e. The van der Waals surface area contributed by atoms with E-state index in [-0.39, 0.29) is 43.1 Å². The van der Waals surface area contributed by atoms with Crippen molar-refractivity contribution in [2.24, 2.45) is 5.73 Å². The number of pyridine rings is 1. The number of nitrogens with zero attached hydrogens (tertiary/aromatic N) is 5. The molecule has 0 aromatic carbocycles. The molecule has 2 aromatic heterocycles. The van der Waals surface area contributed by atoms with Crippen LogP contribution in [0.25, 0.3) is 0 Å². The van der Waals surface area contributed by atoms with Gasteiger partial charge in [-0.3, -0.25) is 15.0 Å². The predicted molar refractivity (Wildman–Crippen MR) is 94.9 cm³/mol. The number of aromatic nitrogens is 3. The minimum absolute atomic E-state index is 0. The Bertz CT molecular complexity index is 683. The Labute approximate surface area is 156 Å². The monoisotopic (exact) mass is 391 g/mol. The van der Waals surface area contributed by atoms with Gasteiger partial charge in [-0.25, -0.2) is 4.98 Å². The Morgan fingerprint density at radius 2 is 2.24 bits per heavy atom. The highest BCUT2D eigenvalue weighted by molar-refractivity contribution is 5.85. The molecule has 0 saturated carbocycles. The normalized spacial score (nSPS) is 16.8. The second-order valence-electron chi connectivity index (χ2n) is 5.33. The molecule has 3 rings (SSSR count). The highest BCUT2D eigenvalue weighted by Crippen LogP contribution is 2.18. The summed E-state index contributed by atoms with van der Waals surface area (Å²) in [6, 6.07) is 3.29. The number of likely N-dealkylation sites (tertiary alicyclic amines) is 1. The van der Waals surface area contributed by atoms with E-state index in [0.29, 0.717) is 24.1 Å². The average molecular weight is 392 g/mol. The molecule has 25 heavy (non-hydrogen) atoms. The zero-order chi connectivity index (χ0) is 16.2.